The van der Waals surface area contributed by atoms with Crippen molar-refractivity contribution in [2.24, 2.45) is 0 Å². The van der Waals surface area contributed by atoms with Crippen molar-refractivity contribution in [3.8, 4) is 23.0 Å². The number of carbonyl (C=O) groups excluding carboxylic acids is 3. The highest BCUT2D eigenvalue weighted by atomic mass is 16.5. The summed E-state index contributed by atoms with van der Waals surface area (Å²) >= 11 is 0. The molecular weight excluding hydrogens is 400 g/mol. The Morgan fingerprint density at radius 3 is 2.65 bits per heavy atom. The predicted octanol–water partition coefficient (Wildman–Crippen LogP) is 3.47. The monoisotopic (exact) mass is 422 g/mol. The Bertz CT molecular complexity index is 1120. The molecule has 31 heavy (non-hydrogen) atoms. The molecule has 0 amide bonds. The van der Waals surface area contributed by atoms with Gasteiger partial charge in [-0.25, -0.2) is 0 Å². The number of hydrogen-bond acceptors (Lipinski definition) is 7. The van der Waals surface area contributed by atoms with Gasteiger partial charge in [0.25, 0.3) is 0 Å². The number of ether oxygens (including phenoxy) is 4. The molecule has 3 atom stereocenters. The molecule has 5 rings (SSSR count). The highest BCUT2D eigenvalue weighted by molar-refractivity contribution is 6.03. The first-order valence-corrected chi connectivity index (χ1v) is 10.2. The zero-order valence-corrected chi connectivity index (χ0v) is 17.5. The predicted molar refractivity (Wildman–Crippen MR) is 110 cm³/mol. The summed E-state index contributed by atoms with van der Waals surface area (Å²) in [6, 6.07) is 6.88. The van der Waals surface area contributed by atoms with Crippen molar-refractivity contribution in [1.29, 1.82) is 0 Å². The van der Waals surface area contributed by atoms with Gasteiger partial charge in [0.15, 0.2) is 12.1 Å². The first-order chi connectivity index (χ1) is 14.9. The molecule has 3 aliphatic heterocycles. The fourth-order valence-corrected chi connectivity index (χ4v) is 4.89. The van der Waals surface area contributed by atoms with Gasteiger partial charge in [-0.05, 0) is 26.0 Å². The van der Waals surface area contributed by atoms with E-state index in [9.17, 15) is 14.4 Å². The molecule has 0 radical (unpaired) electrons. The Labute approximate surface area is 179 Å². The number of fused-ring (bicyclic) bond motifs is 6. The molecule has 7 nitrogen and oxygen atoms in total. The first kappa shape index (κ1) is 19.6. The smallest absolute Gasteiger partial charge is 0.174 e. The summed E-state index contributed by atoms with van der Waals surface area (Å²) in [5, 5.41) is 0. The van der Waals surface area contributed by atoms with Gasteiger partial charge >= 0.3 is 0 Å². The minimum atomic E-state index is -0.600. The van der Waals surface area contributed by atoms with E-state index in [0.717, 1.165) is 6.29 Å². The number of methoxy groups -OCH3 is 1. The molecule has 2 aromatic rings. The maximum Gasteiger partial charge on any atom is 0.174 e. The fraction of sp³-hybridized carbons (Fsp3) is 0.375. The van der Waals surface area contributed by atoms with Crippen LogP contribution in [0.15, 0.2) is 24.3 Å². The van der Waals surface area contributed by atoms with Gasteiger partial charge in [0, 0.05) is 23.1 Å². The zero-order chi connectivity index (χ0) is 21.9. The number of ketones is 1. The van der Waals surface area contributed by atoms with E-state index >= 15 is 0 Å². The molecule has 0 bridgehead atoms. The Morgan fingerprint density at radius 2 is 1.94 bits per heavy atom. The van der Waals surface area contributed by atoms with Crippen LogP contribution < -0.4 is 18.9 Å². The second-order valence-electron chi connectivity index (χ2n) is 8.72. The summed E-state index contributed by atoms with van der Waals surface area (Å²) in [5.74, 6) is 0.843. The van der Waals surface area contributed by atoms with E-state index in [-0.39, 0.29) is 24.7 Å². The summed E-state index contributed by atoms with van der Waals surface area (Å²) in [6.45, 7) is 3.93. The van der Waals surface area contributed by atoms with E-state index in [2.05, 4.69) is 0 Å². The van der Waals surface area contributed by atoms with Gasteiger partial charge in [-0.2, -0.15) is 0 Å². The fourth-order valence-electron chi connectivity index (χ4n) is 4.89. The number of benzene rings is 2. The topological polar surface area (TPSA) is 88.1 Å². The van der Waals surface area contributed by atoms with Crippen LogP contribution in [0.3, 0.4) is 0 Å². The van der Waals surface area contributed by atoms with Crippen molar-refractivity contribution in [3.63, 3.8) is 0 Å². The Hall–Kier alpha value is -3.35. The minimum Gasteiger partial charge on any atom is -0.496 e. The third-order valence-corrected chi connectivity index (χ3v) is 6.22. The van der Waals surface area contributed by atoms with Gasteiger partial charge < -0.3 is 23.7 Å². The molecule has 3 aliphatic rings. The molecule has 0 aromatic heterocycles. The van der Waals surface area contributed by atoms with Gasteiger partial charge in [0.1, 0.15) is 53.2 Å². The standard InChI is InChI=1S/C24H22O7/c1-24(2)8-16(27)22-17(31-24)5-4-13-15(10-26)21-14-6-12(9-25)18(28-3)7-19(14)29-11-20(21)30-23(13)22/h4-7,9-10,15,20-21H,8,11H2,1-3H3. The van der Waals surface area contributed by atoms with E-state index in [1.807, 2.05) is 13.8 Å². The van der Waals surface area contributed by atoms with E-state index in [1.165, 1.54) is 7.11 Å². The molecule has 0 spiro atoms. The van der Waals surface area contributed by atoms with Crippen molar-refractivity contribution >= 4 is 18.4 Å². The van der Waals surface area contributed by atoms with E-state index in [4.69, 9.17) is 18.9 Å². The van der Waals surface area contributed by atoms with Crippen molar-refractivity contribution < 1.29 is 33.3 Å². The van der Waals surface area contributed by atoms with Crippen LogP contribution in [0.5, 0.6) is 23.0 Å². The molecular formula is C24H22O7. The second kappa shape index (κ2) is 6.83. The van der Waals surface area contributed by atoms with Crippen LogP contribution in [-0.2, 0) is 4.79 Å². The van der Waals surface area contributed by atoms with Crippen molar-refractivity contribution in [1.82, 2.24) is 0 Å². The first-order valence-electron chi connectivity index (χ1n) is 10.2. The molecule has 2 aromatic carbocycles. The molecule has 0 fully saturated rings. The van der Waals surface area contributed by atoms with Gasteiger partial charge in [0.05, 0.1) is 25.0 Å². The second-order valence-corrected chi connectivity index (χ2v) is 8.72. The van der Waals surface area contributed by atoms with E-state index in [1.54, 1.807) is 24.3 Å². The van der Waals surface area contributed by atoms with Crippen molar-refractivity contribution in [3.05, 3.63) is 46.5 Å². The summed E-state index contributed by atoms with van der Waals surface area (Å²) in [5.41, 5.74) is 1.51. The third-order valence-electron chi connectivity index (χ3n) is 6.22. The highest BCUT2D eigenvalue weighted by Crippen LogP contribution is 2.53. The lowest BCUT2D eigenvalue weighted by atomic mass is 9.74. The SMILES string of the molecule is COc1cc2c(cc1C=O)C1C(CO2)Oc2c(ccc3c2C(=O)CC(C)(C)O3)C1C=O. The van der Waals surface area contributed by atoms with Gasteiger partial charge in [-0.3, -0.25) is 9.59 Å². The number of Topliss-reactive ketones (excluding diaryl/α,β-unsaturated/α-hetero) is 1. The van der Waals surface area contributed by atoms with Crippen LogP contribution in [0.4, 0.5) is 0 Å². The van der Waals surface area contributed by atoms with Crippen LogP contribution in [0, 0.1) is 0 Å². The number of aldehydes is 2. The van der Waals surface area contributed by atoms with Crippen molar-refractivity contribution in [2.75, 3.05) is 13.7 Å². The number of hydrogen-bond donors (Lipinski definition) is 0. The van der Waals surface area contributed by atoms with Gasteiger partial charge in [0.2, 0.25) is 0 Å². The van der Waals surface area contributed by atoms with Crippen LogP contribution in [0.25, 0.3) is 0 Å². The van der Waals surface area contributed by atoms with E-state index in [0.29, 0.717) is 51.5 Å². The molecule has 0 N–H and O–H groups in total. The molecule has 7 heteroatoms. The lowest BCUT2D eigenvalue weighted by Gasteiger charge is -2.43. The Kier molecular flexibility index (Phi) is 4.32. The highest BCUT2D eigenvalue weighted by Gasteiger charge is 2.47. The maximum absolute atomic E-state index is 12.9. The van der Waals surface area contributed by atoms with Gasteiger partial charge in [-0.15, -0.1) is 0 Å². The quantitative estimate of drug-likeness (QED) is 0.700. The summed E-state index contributed by atoms with van der Waals surface area (Å²) in [7, 11) is 1.48. The largest absolute Gasteiger partial charge is 0.496 e. The maximum atomic E-state index is 12.9. The molecule has 160 valence electrons. The van der Waals surface area contributed by atoms with Crippen LogP contribution in [-0.4, -0.2) is 43.8 Å². The van der Waals surface area contributed by atoms with Crippen molar-refractivity contribution in [2.45, 2.75) is 43.8 Å². The summed E-state index contributed by atoms with van der Waals surface area (Å²) in [4.78, 5) is 36.8. The zero-order valence-electron chi connectivity index (χ0n) is 17.5. The van der Waals surface area contributed by atoms with E-state index < -0.39 is 17.6 Å². The van der Waals surface area contributed by atoms with Gasteiger partial charge in [-0.1, -0.05) is 6.07 Å². The average molecular weight is 422 g/mol. The average Bonchev–Trinajstić information content (AvgIpc) is 2.74. The van der Waals surface area contributed by atoms with Crippen LogP contribution >= 0.6 is 0 Å². The molecule has 0 aliphatic carbocycles. The Balaban J connectivity index is 1.66. The number of rotatable bonds is 3. The third kappa shape index (κ3) is 2.91. The normalized spacial score (nSPS) is 24.7. The Morgan fingerprint density at radius 1 is 1.13 bits per heavy atom. The summed E-state index contributed by atoms with van der Waals surface area (Å²) in [6.07, 6.45) is 1.33. The molecule has 0 saturated carbocycles. The molecule has 3 unspecified atom stereocenters. The van der Waals surface area contributed by atoms with Crippen LogP contribution in [0.1, 0.15) is 63.9 Å². The molecule has 0 saturated heterocycles. The number of carbonyl (C=O) groups is 3. The lowest BCUT2D eigenvalue weighted by Crippen LogP contribution is -2.43. The summed E-state index contributed by atoms with van der Waals surface area (Å²) < 4.78 is 23.5. The van der Waals surface area contributed by atoms with Crippen LogP contribution in [0.2, 0.25) is 0 Å². The molecule has 3 heterocycles. The lowest BCUT2D eigenvalue weighted by molar-refractivity contribution is -0.111. The minimum absolute atomic E-state index is 0.0729.